The zero-order valence-electron chi connectivity index (χ0n) is 19.5. The molecule has 2 unspecified atom stereocenters. The fourth-order valence-electron chi connectivity index (χ4n) is 4.50. The quantitative estimate of drug-likeness (QED) is 0.647. The average Bonchev–Trinajstić information content (AvgIpc) is 2.85. The van der Waals surface area contributed by atoms with E-state index in [9.17, 15) is 17.6 Å². The number of nitrogens with zero attached hydrogens (tertiary/aromatic N) is 2. The van der Waals surface area contributed by atoms with Crippen molar-refractivity contribution in [3.8, 4) is 0 Å². The molecule has 9 heteroatoms. The van der Waals surface area contributed by atoms with Crippen molar-refractivity contribution in [2.24, 2.45) is 5.92 Å². The Morgan fingerprint density at radius 1 is 1.09 bits per heavy atom. The van der Waals surface area contributed by atoms with Gasteiger partial charge in [-0.25, -0.2) is 12.8 Å². The third-order valence-corrected chi connectivity index (χ3v) is 8.43. The monoisotopic (exact) mass is 489 g/mol. The fourth-order valence-corrected chi connectivity index (χ4v) is 6.02. The van der Waals surface area contributed by atoms with Gasteiger partial charge in [0.1, 0.15) is 5.82 Å². The standard InChI is InChI=1S/C25H32FN3O4S/c1-19-4-6-20(7-5-19)24(18-28-13-15-33-16-14-28)27-25(30)21-3-2-12-29(17-21)34(31,32)23-10-8-22(26)9-11-23/h4-11,21,24H,2-3,12-18H2,1H3,(H,27,30). The number of rotatable bonds is 7. The van der Waals surface area contributed by atoms with Crippen LogP contribution in [0.5, 0.6) is 0 Å². The summed E-state index contributed by atoms with van der Waals surface area (Å²) in [6, 6.07) is 12.7. The molecule has 2 aliphatic heterocycles. The summed E-state index contributed by atoms with van der Waals surface area (Å²) >= 11 is 0. The molecule has 2 atom stereocenters. The number of carbonyl (C=O) groups is 1. The molecule has 2 aliphatic rings. The van der Waals surface area contributed by atoms with Gasteiger partial charge in [0.05, 0.1) is 30.1 Å². The minimum Gasteiger partial charge on any atom is -0.379 e. The van der Waals surface area contributed by atoms with Gasteiger partial charge >= 0.3 is 0 Å². The first-order valence-electron chi connectivity index (χ1n) is 11.8. The molecular weight excluding hydrogens is 457 g/mol. The molecule has 0 aliphatic carbocycles. The van der Waals surface area contributed by atoms with Gasteiger partial charge in [-0.15, -0.1) is 0 Å². The molecule has 0 saturated carbocycles. The van der Waals surface area contributed by atoms with E-state index in [1.165, 1.54) is 16.4 Å². The highest BCUT2D eigenvalue weighted by atomic mass is 32.2. The SMILES string of the molecule is Cc1ccc(C(CN2CCOCC2)NC(=O)C2CCCN(S(=O)(=O)c3ccc(F)cc3)C2)cc1. The number of carbonyl (C=O) groups excluding carboxylic acids is 1. The number of hydrogen-bond acceptors (Lipinski definition) is 5. The summed E-state index contributed by atoms with van der Waals surface area (Å²) in [5.74, 6) is -1.07. The predicted octanol–water partition coefficient (Wildman–Crippen LogP) is 2.72. The number of sulfonamides is 1. The zero-order chi connectivity index (χ0) is 24.1. The van der Waals surface area contributed by atoms with Crippen LogP contribution in [0.15, 0.2) is 53.4 Å². The number of aryl methyl sites for hydroxylation is 1. The first-order chi connectivity index (χ1) is 16.3. The second kappa shape index (κ2) is 10.9. The van der Waals surface area contributed by atoms with Crippen molar-refractivity contribution < 1.29 is 22.3 Å². The van der Waals surface area contributed by atoms with Gasteiger partial charge in [0.2, 0.25) is 15.9 Å². The molecule has 1 N–H and O–H groups in total. The zero-order valence-corrected chi connectivity index (χ0v) is 20.3. The van der Waals surface area contributed by atoms with E-state index in [0.717, 1.165) is 36.3 Å². The van der Waals surface area contributed by atoms with Crippen LogP contribution in [0.1, 0.15) is 30.0 Å². The average molecular weight is 490 g/mol. The molecule has 0 bridgehead atoms. The smallest absolute Gasteiger partial charge is 0.243 e. The molecule has 1 amide bonds. The molecule has 0 radical (unpaired) electrons. The number of morpholine rings is 1. The summed E-state index contributed by atoms with van der Waals surface area (Å²) in [4.78, 5) is 15.6. The summed E-state index contributed by atoms with van der Waals surface area (Å²) in [5.41, 5.74) is 2.17. The lowest BCUT2D eigenvalue weighted by molar-refractivity contribution is -0.127. The van der Waals surface area contributed by atoms with Crippen LogP contribution in [0.3, 0.4) is 0 Å². The number of benzene rings is 2. The van der Waals surface area contributed by atoms with E-state index in [2.05, 4.69) is 10.2 Å². The van der Waals surface area contributed by atoms with Crippen LogP contribution in [0, 0.1) is 18.7 Å². The Bertz CT molecular complexity index is 1070. The molecule has 0 spiro atoms. The summed E-state index contributed by atoms with van der Waals surface area (Å²) < 4.78 is 46.2. The Labute approximate surface area is 200 Å². The number of piperidine rings is 1. The van der Waals surface area contributed by atoms with E-state index in [1.807, 2.05) is 31.2 Å². The van der Waals surface area contributed by atoms with Crippen LogP contribution in [-0.2, 0) is 19.6 Å². The Morgan fingerprint density at radius 3 is 2.44 bits per heavy atom. The molecule has 34 heavy (non-hydrogen) atoms. The van der Waals surface area contributed by atoms with E-state index >= 15 is 0 Å². The van der Waals surface area contributed by atoms with Crippen molar-refractivity contribution in [3.05, 3.63) is 65.5 Å². The van der Waals surface area contributed by atoms with Crippen LogP contribution in [0.4, 0.5) is 4.39 Å². The topological polar surface area (TPSA) is 79.0 Å². The number of nitrogens with one attached hydrogen (secondary N) is 1. The van der Waals surface area contributed by atoms with E-state index in [-0.39, 0.29) is 23.4 Å². The lowest BCUT2D eigenvalue weighted by atomic mass is 9.97. The second-order valence-electron chi connectivity index (χ2n) is 9.04. The first kappa shape index (κ1) is 24.8. The summed E-state index contributed by atoms with van der Waals surface area (Å²) in [5, 5.41) is 3.20. The van der Waals surface area contributed by atoms with Crippen molar-refractivity contribution in [2.45, 2.75) is 30.7 Å². The highest BCUT2D eigenvalue weighted by Crippen LogP contribution is 2.25. The molecule has 2 fully saturated rings. The largest absolute Gasteiger partial charge is 0.379 e. The maximum Gasteiger partial charge on any atom is 0.243 e. The van der Waals surface area contributed by atoms with Crippen molar-refractivity contribution in [1.82, 2.24) is 14.5 Å². The summed E-state index contributed by atoms with van der Waals surface area (Å²) in [7, 11) is -3.79. The van der Waals surface area contributed by atoms with Gasteiger partial charge < -0.3 is 10.1 Å². The first-order valence-corrected chi connectivity index (χ1v) is 13.2. The van der Waals surface area contributed by atoms with Crippen molar-refractivity contribution in [3.63, 3.8) is 0 Å². The minimum atomic E-state index is -3.79. The van der Waals surface area contributed by atoms with Crippen molar-refractivity contribution >= 4 is 15.9 Å². The van der Waals surface area contributed by atoms with E-state index in [4.69, 9.17) is 4.74 Å². The summed E-state index contributed by atoms with van der Waals surface area (Å²) in [6.45, 7) is 6.12. The highest BCUT2D eigenvalue weighted by Gasteiger charge is 2.34. The lowest BCUT2D eigenvalue weighted by Crippen LogP contribution is -2.48. The predicted molar refractivity (Wildman–Crippen MR) is 127 cm³/mol. The Hall–Kier alpha value is -2.33. The van der Waals surface area contributed by atoms with E-state index in [0.29, 0.717) is 39.1 Å². The van der Waals surface area contributed by atoms with Crippen LogP contribution >= 0.6 is 0 Å². The molecule has 0 aromatic heterocycles. The van der Waals surface area contributed by atoms with Gasteiger partial charge in [0.15, 0.2) is 0 Å². The van der Waals surface area contributed by atoms with Gasteiger partial charge in [0, 0.05) is 32.7 Å². The third-order valence-electron chi connectivity index (χ3n) is 6.55. The van der Waals surface area contributed by atoms with Crippen LogP contribution in [0.2, 0.25) is 0 Å². The van der Waals surface area contributed by atoms with Crippen LogP contribution < -0.4 is 5.32 Å². The van der Waals surface area contributed by atoms with Gasteiger partial charge in [-0.05, 0) is 49.6 Å². The van der Waals surface area contributed by atoms with Gasteiger partial charge in [0.25, 0.3) is 0 Å². The fraction of sp³-hybridized carbons (Fsp3) is 0.480. The molecule has 2 heterocycles. The summed E-state index contributed by atoms with van der Waals surface area (Å²) in [6.07, 6.45) is 1.22. The van der Waals surface area contributed by atoms with E-state index in [1.54, 1.807) is 0 Å². The second-order valence-corrected chi connectivity index (χ2v) is 11.0. The lowest BCUT2D eigenvalue weighted by Gasteiger charge is -2.34. The molecule has 4 rings (SSSR count). The molecule has 2 saturated heterocycles. The maximum absolute atomic E-state index is 13.3. The van der Waals surface area contributed by atoms with Gasteiger partial charge in [-0.1, -0.05) is 29.8 Å². The van der Waals surface area contributed by atoms with Crippen molar-refractivity contribution in [2.75, 3.05) is 45.9 Å². The normalized spacial score (nSPS) is 21.2. The molecule has 184 valence electrons. The highest BCUT2D eigenvalue weighted by molar-refractivity contribution is 7.89. The Kier molecular flexibility index (Phi) is 7.98. The van der Waals surface area contributed by atoms with Crippen LogP contribution in [-0.4, -0.2) is 69.5 Å². The molecule has 7 nitrogen and oxygen atoms in total. The minimum absolute atomic E-state index is 0.0415. The molecular formula is C25H32FN3O4S. The number of ether oxygens (including phenoxy) is 1. The van der Waals surface area contributed by atoms with E-state index < -0.39 is 21.8 Å². The van der Waals surface area contributed by atoms with Gasteiger partial charge in [-0.2, -0.15) is 4.31 Å². The number of amides is 1. The maximum atomic E-state index is 13.3. The van der Waals surface area contributed by atoms with Crippen molar-refractivity contribution in [1.29, 1.82) is 0 Å². The number of hydrogen-bond donors (Lipinski definition) is 1. The van der Waals surface area contributed by atoms with Crippen LogP contribution in [0.25, 0.3) is 0 Å². The Balaban J connectivity index is 1.46. The van der Waals surface area contributed by atoms with Gasteiger partial charge in [-0.3, -0.25) is 9.69 Å². The molecule has 2 aromatic rings. The molecule has 2 aromatic carbocycles. The third kappa shape index (κ3) is 6.02. The Morgan fingerprint density at radius 2 is 1.76 bits per heavy atom. The number of halogens is 1.